The van der Waals surface area contributed by atoms with E-state index in [4.69, 9.17) is 0 Å². The smallest absolute Gasteiger partial charge is 0.251 e. The van der Waals surface area contributed by atoms with E-state index >= 15 is 0 Å². The maximum Gasteiger partial charge on any atom is 0.251 e. The van der Waals surface area contributed by atoms with Crippen LogP contribution in [-0.2, 0) is 16.2 Å². The minimum Gasteiger partial charge on any atom is -0.345 e. The fourth-order valence-electron chi connectivity index (χ4n) is 2.85. The van der Waals surface area contributed by atoms with Crippen molar-refractivity contribution in [3.8, 4) is 0 Å². The van der Waals surface area contributed by atoms with E-state index in [2.05, 4.69) is 64.2 Å². The summed E-state index contributed by atoms with van der Waals surface area (Å²) in [5, 5.41) is 3.14. The monoisotopic (exact) mass is 371 g/mol. The molecule has 1 amide bonds. The summed E-state index contributed by atoms with van der Waals surface area (Å²) in [5.74, 6) is 0.152. The van der Waals surface area contributed by atoms with Gasteiger partial charge in [0.1, 0.15) is 0 Å². The van der Waals surface area contributed by atoms with Crippen molar-refractivity contribution in [1.29, 1.82) is 0 Å². The molecule has 0 saturated heterocycles. The highest BCUT2D eigenvalue weighted by Gasteiger charge is 2.20. The van der Waals surface area contributed by atoms with E-state index in [0.717, 1.165) is 10.5 Å². The summed E-state index contributed by atoms with van der Waals surface area (Å²) < 4.78 is 11.5. The quantitative estimate of drug-likeness (QED) is 0.817. The Morgan fingerprint density at radius 2 is 1.50 bits per heavy atom. The van der Waals surface area contributed by atoms with E-state index in [0.29, 0.717) is 5.56 Å². The minimum absolute atomic E-state index is 0.0588. The standard InChI is InChI=1S/C22H29NO2S/c1-15(2)20(16-7-11-18(12-8-16)22(3,4)5)23-21(24)17-9-13-19(14-10-17)26(6)25/h7-15,20H,1-6H3,(H,23,24). The molecule has 1 N–H and O–H groups in total. The van der Waals surface area contributed by atoms with Crippen LogP contribution in [0.2, 0.25) is 0 Å². The molecular weight excluding hydrogens is 342 g/mol. The van der Waals surface area contributed by atoms with Crippen LogP contribution in [0.5, 0.6) is 0 Å². The molecule has 2 aromatic rings. The highest BCUT2D eigenvalue weighted by molar-refractivity contribution is 7.84. The molecule has 0 saturated carbocycles. The minimum atomic E-state index is -1.04. The second kappa shape index (κ2) is 8.17. The van der Waals surface area contributed by atoms with Gasteiger partial charge in [0.25, 0.3) is 5.91 Å². The predicted molar refractivity (Wildman–Crippen MR) is 109 cm³/mol. The van der Waals surface area contributed by atoms with Gasteiger partial charge in [-0.2, -0.15) is 0 Å². The lowest BCUT2D eigenvalue weighted by molar-refractivity contribution is 0.0925. The van der Waals surface area contributed by atoms with Crippen LogP contribution in [0.3, 0.4) is 0 Å². The third-order valence-electron chi connectivity index (χ3n) is 4.54. The number of hydrogen-bond donors (Lipinski definition) is 1. The third-order valence-corrected chi connectivity index (χ3v) is 5.47. The first-order valence-corrected chi connectivity index (χ1v) is 10.5. The van der Waals surface area contributed by atoms with Crippen LogP contribution in [0.4, 0.5) is 0 Å². The number of hydrogen-bond acceptors (Lipinski definition) is 2. The van der Waals surface area contributed by atoms with Crippen LogP contribution >= 0.6 is 0 Å². The van der Waals surface area contributed by atoms with Crippen LogP contribution in [0, 0.1) is 5.92 Å². The lowest BCUT2D eigenvalue weighted by Crippen LogP contribution is -2.31. The Labute approximate surface area is 159 Å². The summed E-state index contributed by atoms with van der Waals surface area (Å²) in [7, 11) is -1.04. The topological polar surface area (TPSA) is 46.2 Å². The van der Waals surface area contributed by atoms with E-state index < -0.39 is 10.8 Å². The number of carbonyl (C=O) groups excluding carboxylic acids is 1. The van der Waals surface area contributed by atoms with Gasteiger partial charge in [-0.1, -0.05) is 58.9 Å². The molecule has 0 aliphatic heterocycles. The number of carbonyl (C=O) groups is 1. The fraction of sp³-hybridized carbons (Fsp3) is 0.409. The zero-order chi connectivity index (χ0) is 19.5. The second-order valence-electron chi connectivity index (χ2n) is 8.05. The maximum absolute atomic E-state index is 12.7. The van der Waals surface area contributed by atoms with Crippen molar-refractivity contribution < 1.29 is 9.00 Å². The van der Waals surface area contributed by atoms with E-state index in [9.17, 15) is 9.00 Å². The van der Waals surface area contributed by atoms with E-state index in [1.807, 2.05) is 0 Å². The van der Waals surface area contributed by atoms with Crippen molar-refractivity contribution in [2.24, 2.45) is 5.92 Å². The fourth-order valence-corrected chi connectivity index (χ4v) is 3.37. The summed E-state index contributed by atoms with van der Waals surface area (Å²) in [4.78, 5) is 13.4. The summed E-state index contributed by atoms with van der Waals surface area (Å²) in [5.41, 5.74) is 3.07. The van der Waals surface area contributed by atoms with Gasteiger partial charge in [-0.25, -0.2) is 0 Å². The van der Waals surface area contributed by atoms with Crippen molar-refractivity contribution in [2.75, 3.05) is 6.26 Å². The zero-order valence-corrected chi connectivity index (χ0v) is 17.3. The van der Waals surface area contributed by atoms with Gasteiger partial charge in [0, 0.05) is 27.5 Å². The van der Waals surface area contributed by atoms with Gasteiger partial charge in [0.2, 0.25) is 0 Å². The van der Waals surface area contributed by atoms with Crippen LogP contribution in [0.15, 0.2) is 53.4 Å². The Hall–Kier alpha value is -1.94. The summed E-state index contributed by atoms with van der Waals surface area (Å²) in [6, 6.07) is 15.4. The Balaban J connectivity index is 2.19. The van der Waals surface area contributed by atoms with Crippen LogP contribution in [0.25, 0.3) is 0 Å². The molecule has 0 aliphatic rings. The molecule has 2 unspecified atom stereocenters. The van der Waals surface area contributed by atoms with Gasteiger partial charge < -0.3 is 5.32 Å². The van der Waals surface area contributed by atoms with Gasteiger partial charge in [0.05, 0.1) is 6.04 Å². The van der Waals surface area contributed by atoms with Crippen molar-refractivity contribution in [2.45, 2.75) is 51.0 Å². The Kier molecular flexibility index (Phi) is 6.40. The largest absolute Gasteiger partial charge is 0.345 e. The molecule has 2 aromatic carbocycles. The molecule has 2 rings (SSSR count). The Bertz CT molecular complexity index is 771. The first kappa shape index (κ1) is 20.4. The first-order valence-electron chi connectivity index (χ1n) is 8.94. The van der Waals surface area contributed by atoms with Crippen LogP contribution in [-0.4, -0.2) is 16.4 Å². The number of amides is 1. The lowest BCUT2D eigenvalue weighted by atomic mass is 9.85. The molecule has 0 aliphatic carbocycles. The molecule has 0 aromatic heterocycles. The second-order valence-corrected chi connectivity index (χ2v) is 9.43. The third kappa shape index (κ3) is 5.04. The summed E-state index contributed by atoms with van der Waals surface area (Å²) in [6.07, 6.45) is 1.63. The molecule has 3 nitrogen and oxygen atoms in total. The normalized spacial score (nSPS) is 14.1. The molecule has 140 valence electrons. The maximum atomic E-state index is 12.7. The highest BCUT2D eigenvalue weighted by Crippen LogP contribution is 2.27. The van der Waals surface area contributed by atoms with Crippen molar-refractivity contribution >= 4 is 16.7 Å². The van der Waals surface area contributed by atoms with Crippen molar-refractivity contribution in [3.05, 3.63) is 65.2 Å². The number of nitrogens with one attached hydrogen (secondary N) is 1. The molecule has 0 fully saturated rings. The molecule has 26 heavy (non-hydrogen) atoms. The van der Waals surface area contributed by atoms with Gasteiger partial charge in [0.15, 0.2) is 0 Å². The van der Waals surface area contributed by atoms with E-state index in [-0.39, 0.29) is 23.3 Å². The van der Waals surface area contributed by atoms with Gasteiger partial charge in [-0.05, 0) is 46.7 Å². The van der Waals surface area contributed by atoms with Crippen LogP contribution < -0.4 is 5.32 Å². The van der Waals surface area contributed by atoms with Crippen molar-refractivity contribution in [1.82, 2.24) is 5.32 Å². The predicted octanol–water partition coefficient (Wildman–Crippen LogP) is 4.85. The van der Waals surface area contributed by atoms with Gasteiger partial charge >= 0.3 is 0 Å². The molecule has 0 spiro atoms. The SMILES string of the molecule is CC(C)C(NC(=O)c1ccc(S(C)=O)cc1)c1ccc(C(C)(C)C)cc1. The Morgan fingerprint density at radius 3 is 1.92 bits per heavy atom. The first-order chi connectivity index (χ1) is 12.1. The summed E-state index contributed by atoms with van der Waals surface area (Å²) >= 11 is 0. The molecule has 4 heteroatoms. The molecule has 0 heterocycles. The molecular formula is C22H29NO2S. The average Bonchev–Trinajstić information content (AvgIpc) is 2.58. The van der Waals surface area contributed by atoms with Crippen molar-refractivity contribution in [3.63, 3.8) is 0 Å². The van der Waals surface area contributed by atoms with Gasteiger partial charge in [-0.15, -0.1) is 0 Å². The lowest BCUT2D eigenvalue weighted by Gasteiger charge is -2.25. The van der Waals surface area contributed by atoms with E-state index in [1.165, 1.54) is 5.56 Å². The molecule has 0 bridgehead atoms. The average molecular weight is 372 g/mol. The van der Waals surface area contributed by atoms with E-state index in [1.54, 1.807) is 30.5 Å². The Morgan fingerprint density at radius 1 is 0.962 bits per heavy atom. The molecule has 0 radical (unpaired) electrons. The van der Waals surface area contributed by atoms with Crippen LogP contribution in [0.1, 0.15) is 62.1 Å². The molecule has 2 atom stereocenters. The summed E-state index contributed by atoms with van der Waals surface area (Å²) in [6.45, 7) is 10.8. The van der Waals surface area contributed by atoms with Gasteiger partial charge in [-0.3, -0.25) is 9.00 Å². The highest BCUT2D eigenvalue weighted by atomic mass is 32.2. The zero-order valence-electron chi connectivity index (χ0n) is 16.5. The number of benzene rings is 2. The number of rotatable bonds is 5.